The number of hydrogen-bond donors (Lipinski definition) is 2. The maximum Gasteiger partial charge on any atom is 0.325 e. The van der Waals surface area contributed by atoms with Gasteiger partial charge in [-0.3, -0.25) is 14.5 Å². The number of hydrogen-bond acceptors (Lipinski definition) is 4. The normalized spacial score (nSPS) is 25.0. The molecular formula is C16H21N5O3. The van der Waals surface area contributed by atoms with E-state index in [1.807, 2.05) is 10.8 Å². The van der Waals surface area contributed by atoms with Crippen LogP contribution in [0.2, 0.25) is 0 Å². The van der Waals surface area contributed by atoms with Crippen molar-refractivity contribution < 1.29 is 14.4 Å². The molecule has 1 atom stereocenters. The van der Waals surface area contributed by atoms with Gasteiger partial charge in [0.15, 0.2) is 0 Å². The number of amides is 4. The molecule has 3 heterocycles. The van der Waals surface area contributed by atoms with Gasteiger partial charge in [-0.2, -0.15) is 0 Å². The summed E-state index contributed by atoms with van der Waals surface area (Å²) < 4.78 is 2.02. The summed E-state index contributed by atoms with van der Waals surface area (Å²) in [6, 6.07) is -0.446. The van der Waals surface area contributed by atoms with E-state index in [9.17, 15) is 14.4 Å². The van der Waals surface area contributed by atoms with Crippen LogP contribution in [0.25, 0.3) is 0 Å². The molecule has 0 radical (unpaired) electrons. The molecule has 1 aromatic rings. The monoisotopic (exact) mass is 331 g/mol. The highest BCUT2D eigenvalue weighted by molar-refractivity contribution is 6.09. The molecule has 2 N–H and O–H groups in total. The van der Waals surface area contributed by atoms with Crippen molar-refractivity contribution in [1.82, 2.24) is 25.1 Å². The molecule has 8 heteroatoms. The highest BCUT2D eigenvalue weighted by Crippen LogP contribution is 2.34. The Morgan fingerprint density at radius 1 is 1.38 bits per heavy atom. The van der Waals surface area contributed by atoms with Crippen LogP contribution in [-0.2, 0) is 22.6 Å². The molecule has 128 valence electrons. The number of fused-ring (bicyclic) bond motifs is 1. The van der Waals surface area contributed by atoms with E-state index in [1.165, 1.54) is 0 Å². The summed E-state index contributed by atoms with van der Waals surface area (Å²) in [5, 5.41) is 5.73. The zero-order valence-electron chi connectivity index (χ0n) is 13.5. The van der Waals surface area contributed by atoms with Crippen molar-refractivity contribution in [3.05, 3.63) is 18.2 Å². The molecule has 1 aromatic heterocycles. The summed E-state index contributed by atoms with van der Waals surface area (Å²) in [5.41, 5.74) is -0.756. The zero-order chi connectivity index (χ0) is 16.7. The van der Waals surface area contributed by atoms with Gasteiger partial charge in [0.2, 0.25) is 5.91 Å². The summed E-state index contributed by atoms with van der Waals surface area (Å²) in [4.78, 5) is 42.3. The number of aromatic nitrogens is 2. The second-order valence-corrected chi connectivity index (χ2v) is 6.91. The number of aryl methyl sites for hydroxylation is 1. The molecule has 2 aliphatic heterocycles. The smallest absolute Gasteiger partial charge is 0.325 e. The maximum absolute atomic E-state index is 12.5. The molecule has 0 bridgehead atoms. The van der Waals surface area contributed by atoms with Crippen LogP contribution >= 0.6 is 0 Å². The van der Waals surface area contributed by atoms with Crippen molar-refractivity contribution in [3.8, 4) is 0 Å². The lowest BCUT2D eigenvalue weighted by Crippen LogP contribution is -2.48. The van der Waals surface area contributed by atoms with Crippen LogP contribution < -0.4 is 10.6 Å². The second kappa shape index (κ2) is 5.61. The quantitative estimate of drug-likeness (QED) is 0.772. The number of rotatable bonds is 3. The van der Waals surface area contributed by atoms with Gasteiger partial charge in [-0.15, -0.1) is 0 Å². The number of nitrogens with zero attached hydrogens (tertiary/aromatic N) is 3. The average molecular weight is 331 g/mol. The molecule has 1 saturated heterocycles. The van der Waals surface area contributed by atoms with Gasteiger partial charge in [0.1, 0.15) is 17.9 Å². The SMILES string of the molecule is O=C(CN1C(=O)NC2(CCCC2)C1=O)N[C@H]1CCc2nccn2C1. The van der Waals surface area contributed by atoms with Crippen molar-refractivity contribution in [3.63, 3.8) is 0 Å². The first kappa shape index (κ1) is 15.2. The minimum absolute atomic E-state index is 0.000377. The topological polar surface area (TPSA) is 96.3 Å². The molecule has 1 spiro atoms. The molecule has 1 saturated carbocycles. The highest BCUT2D eigenvalue weighted by atomic mass is 16.2. The summed E-state index contributed by atoms with van der Waals surface area (Å²) in [6.07, 6.45) is 8.48. The number of carbonyl (C=O) groups is 3. The number of carbonyl (C=O) groups excluding carboxylic acids is 3. The van der Waals surface area contributed by atoms with Crippen molar-refractivity contribution in [1.29, 1.82) is 0 Å². The molecule has 24 heavy (non-hydrogen) atoms. The third kappa shape index (κ3) is 2.46. The zero-order valence-corrected chi connectivity index (χ0v) is 13.5. The van der Waals surface area contributed by atoms with Crippen LogP contribution in [-0.4, -0.2) is 50.4 Å². The van der Waals surface area contributed by atoms with Crippen LogP contribution in [0, 0.1) is 0 Å². The molecule has 8 nitrogen and oxygen atoms in total. The molecule has 1 aliphatic carbocycles. The maximum atomic E-state index is 12.5. The summed E-state index contributed by atoms with van der Waals surface area (Å²) in [7, 11) is 0. The van der Waals surface area contributed by atoms with Gasteiger partial charge in [-0.25, -0.2) is 9.78 Å². The van der Waals surface area contributed by atoms with Crippen LogP contribution in [0.15, 0.2) is 12.4 Å². The minimum Gasteiger partial charge on any atom is -0.350 e. The van der Waals surface area contributed by atoms with Crippen LogP contribution in [0.4, 0.5) is 4.79 Å². The fourth-order valence-electron chi connectivity index (χ4n) is 4.04. The standard InChI is InChI=1S/C16H21N5O3/c22-13(18-11-3-4-12-17-7-8-20(12)9-11)10-21-14(23)16(19-15(21)24)5-1-2-6-16/h7-8,11H,1-6,9-10H2,(H,18,22)(H,19,24)/t11-/m0/s1. The van der Waals surface area contributed by atoms with Gasteiger partial charge in [0.05, 0.1) is 0 Å². The fourth-order valence-corrected chi connectivity index (χ4v) is 4.04. The lowest BCUT2D eigenvalue weighted by Gasteiger charge is -2.25. The first-order chi connectivity index (χ1) is 11.6. The Morgan fingerprint density at radius 2 is 2.17 bits per heavy atom. The molecule has 0 aromatic carbocycles. The minimum atomic E-state index is -0.756. The Balaban J connectivity index is 1.36. The van der Waals surface area contributed by atoms with Gasteiger partial charge in [-0.05, 0) is 19.3 Å². The molecule has 0 unspecified atom stereocenters. The Labute approximate surface area is 139 Å². The molecular weight excluding hydrogens is 310 g/mol. The lowest BCUT2D eigenvalue weighted by atomic mass is 9.98. The van der Waals surface area contributed by atoms with Crippen molar-refractivity contribution in [2.45, 2.75) is 56.7 Å². The number of imide groups is 1. The fraction of sp³-hybridized carbons (Fsp3) is 0.625. The third-order valence-electron chi connectivity index (χ3n) is 5.31. The summed E-state index contributed by atoms with van der Waals surface area (Å²) >= 11 is 0. The van der Waals surface area contributed by atoms with Crippen molar-refractivity contribution in [2.75, 3.05) is 6.54 Å². The molecule has 4 amide bonds. The van der Waals surface area contributed by atoms with Crippen molar-refractivity contribution in [2.24, 2.45) is 0 Å². The van der Waals surface area contributed by atoms with Crippen LogP contribution in [0.3, 0.4) is 0 Å². The second-order valence-electron chi connectivity index (χ2n) is 6.91. The van der Waals surface area contributed by atoms with Gasteiger partial charge >= 0.3 is 6.03 Å². The highest BCUT2D eigenvalue weighted by Gasteiger charge is 2.52. The summed E-state index contributed by atoms with van der Waals surface area (Å²) in [5.74, 6) is 0.487. The molecule has 3 aliphatic rings. The molecule has 2 fully saturated rings. The Kier molecular flexibility index (Phi) is 3.54. The largest absolute Gasteiger partial charge is 0.350 e. The number of imidazole rings is 1. The predicted molar refractivity (Wildman–Crippen MR) is 83.9 cm³/mol. The number of urea groups is 1. The van der Waals surface area contributed by atoms with Gasteiger partial charge in [0, 0.05) is 31.4 Å². The number of nitrogens with one attached hydrogen (secondary N) is 2. The predicted octanol–water partition coefficient (Wildman–Crippen LogP) is 0.179. The van der Waals surface area contributed by atoms with Gasteiger partial charge in [-0.1, -0.05) is 12.8 Å². The van der Waals surface area contributed by atoms with Crippen LogP contribution in [0.5, 0.6) is 0 Å². The van der Waals surface area contributed by atoms with E-state index in [4.69, 9.17) is 0 Å². The Hall–Kier alpha value is -2.38. The van der Waals surface area contributed by atoms with E-state index in [-0.39, 0.29) is 24.4 Å². The average Bonchev–Trinajstić information content (AvgIpc) is 3.25. The van der Waals surface area contributed by atoms with Crippen molar-refractivity contribution >= 4 is 17.8 Å². The van der Waals surface area contributed by atoms with E-state index >= 15 is 0 Å². The van der Waals surface area contributed by atoms with Gasteiger partial charge < -0.3 is 15.2 Å². The van der Waals surface area contributed by atoms with E-state index < -0.39 is 11.6 Å². The summed E-state index contributed by atoms with van der Waals surface area (Å²) in [6.45, 7) is 0.463. The van der Waals surface area contributed by atoms with Crippen LogP contribution in [0.1, 0.15) is 37.9 Å². The van der Waals surface area contributed by atoms with E-state index in [1.54, 1.807) is 6.20 Å². The van der Waals surface area contributed by atoms with E-state index in [0.29, 0.717) is 19.4 Å². The van der Waals surface area contributed by atoms with E-state index in [2.05, 4.69) is 15.6 Å². The molecule has 4 rings (SSSR count). The Morgan fingerprint density at radius 3 is 2.96 bits per heavy atom. The third-order valence-corrected chi connectivity index (χ3v) is 5.31. The Bertz CT molecular complexity index is 692. The van der Waals surface area contributed by atoms with E-state index in [0.717, 1.165) is 36.4 Å². The first-order valence-electron chi connectivity index (χ1n) is 8.51. The first-order valence-corrected chi connectivity index (χ1v) is 8.51. The van der Waals surface area contributed by atoms with Gasteiger partial charge in [0.25, 0.3) is 5.91 Å². The lowest BCUT2D eigenvalue weighted by molar-refractivity contribution is -0.135.